The highest BCUT2D eigenvalue weighted by molar-refractivity contribution is 5.89. The van der Waals surface area contributed by atoms with Crippen molar-refractivity contribution >= 4 is 17.9 Å². The molecule has 0 radical (unpaired) electrons. The second-order valence-corrected chi connectivity index (χ2v) is 2.60. The molecule has 1 heterocycles. The highest BCUT2D eigenvalue weighted by Gasteiger charge is 2.12. The third-order valence-electron chi connectivity index (χ3n) is 1.55. The van der Waals surface area contributed by atoms with E-state index in [1.807, 2.05) is 0 Å². The van der Waals surface area contributed by atoms with Gasteiger partial charge in [0, 0.05) is 6.42 Å². The second-order valence-electron chi connectivity index (χ2n) is 2.60. The first kappa shape index (κ1) is 10.3. The molecule has 1 unspecified atom stereocenters. The van der Waals surface area contributed by atoms with Crippen molar-refractivity contribution in [2.45, 2.75) is 12.5 Å². The van der Waals surface area contributed by atoms with Gasteiger partial charge in [0.05, 0.1) is 12.6 Å². The highest BCUT2D eigenvalue weighted by Crippen LogP contribution is 1.92. The van der Waals surface area contributed by atoms with E-state index in [4.69, 9.17) is 11.1 Å². The Bertz CT molecular complexity index is 295. The Morgan fingerprint density at radius 3 is 3.14 bits per heavy atom. The third-order valence-corrected chi connectivity index (χ3v) is 1.55. The summed E-state index contributed by atoms with van der Waals surface area (Å²) in [7, 11) is 0. The lowest BCUT2D eigenvalue weighted by Crippen LogP contribution is -2.35. The number of ketones is 1. The van der Waals surface area contributed by atoms with Crippen LogP contribution in [0, 0.1) is 5.41 Å². The third kappa shape index (κ3) is 2.90. The summed E-state index contributed by atoms with van der Waals surface area (Å²) in [5, 5.41) is 22.2. The number of nitrogens with one attached hydrogen (secondary N) is 3. The minimum Gasteiger partial charge on any atom is -0.344 e. The molecule has 0 spiro atoms. The van der Waals surface area contributed by atoms with E-state index in [1.165, 1.54) is 0 Å². The molecule has 0 aliphatic carbocycles. The van der Waals surface area contributed by atoms with Crippen LogP contribution in [0.3, 0.4) is 0 Å². The fourth-order valence-electron chi connectivity index (χ4n) is 0.792. The van der Waals surface area contributed by atoms with Gasteiger partial charge in [-0.2, -0.15) is 5.21 Å². The number of hydrogen-bond donors (Lipinski definition) is 4. The number of Topliss-reactive ketones (excluding diaryl/α,β-unsaturated/α-hetero) is 1. The molecular formula is C6H11N7O. The van der Waals surface area contributed by atoms with E-state index in [0.29, 0.717) is 0 Å². The molecule has 1 atom stereocenters. The van der Waals surface area contributed by atoms with Gasteiger partial charge in [-0.05, 0) is 11.4 Å². The van der Waals surface area contributed by atoms with Crippen LogP contribution in [0.15, 0.2) is 0 Å². The number of aromatic amines is 1. The van der Waals surface area contributed by atoms with E-state index < -0.39 is 6.04 Å². The number of nitrogens with two attached hydrogens (primary N) is 1. The first-order chi connectivity index (χ1) is 6.74. The molecule has 76 valence electrons. The van der Waals surface area contributed by atoms with Crippen molar-refractivity contribution in [3.8, 4) is 0 Å². The van der Waals surface area contributed by atoms with Crippen molar-refractivity contribution in [2.24, 2.45) is 5.73 Å². The zero-order chi connectivity index (χ0) is 10.4. The molecule has 0 aromatic carbocycles. The predicted octanol–water partition coefficient (Wildman–Crippen LogP) is -1.45. The summed E-state index contributed by atoms with van der Waals surface area (Å²) in [4.78, 5) is 11.3. The van der Waals surface area contributed by atoms with Crippen LogP contribution in [-0.2, 0) is 4.79 Å². The van der Waals surface area contributed by atoms with Crippen LogP contribution in [0.5, 0.6) is 0 Å². The summed E-state index contributed by atoms with van der Waals surface area (Å²) in [6.07, 6.45) is 1.35. The SMILES string of the molecule is N=CCC(N)C(=O)CNc1nn[nH]n1. The molecule has 0 fully saturated rings. The first-order valence-corrected chi connectivity index (χ1v) is 3.98. The number of carbonyl (C=O) groups excluding carboxylic acids is 1. The number of anilines is 1. The van der Waals surface area contributed by atoms with Crippen LogP contribution in [0.2, 0.25) is 0 Å². The van der Waals surface area contributed by atoms with Crippen LogP contribution in [0.4, 0.5) is 5.95 Å². The Hall–Kier alpha value is -1.83. The van der Waals surface area contributed by atoms with Crippen molar-refractivity contribution in [1.82, 2.24) is 20.6 Å². The molecule has 1 rings (SSSR count). The van der Waals surface area contributed by atoms with Gasteiger partial charge in [-0.1, -0.05) is 5.10 Å². The molecule has 1 aromatic heterocycles. The van der Waals surface area contributed by atoms with Crippen LogP contribution < -0.4 is 11.1 Å². The molecular weight excluding hydrogens is 186 g/mol. The van der Waals surface area contributed by atoms with E-state index in [0.717, 1.165) is 6.21 Å². The molecule has 8 heteroatoms. The van der Waals surface area contributed by atoms with Gasteiger partial charge in [0.1, 0.15) is 0 Å². The number of tetrazole rings is 1. The zero-order valence-electron chi connectivity index (χ0n) is 7.40. The number of aromatic nitrogens is 4. The van der Waals surface area contributed by atoms with Crippen molar-refractivity contribution in [3.63, 3.8) is 0 Å². The lowest BCUT2D eigenvalue weighted by Gasteiger charge is -2.06. The van der Waals surface area contributed by atoms with Crippen LogP contribution in [0.25, 0.3) is 0 Å². The maximum Gasteiger partial charge on any atom is 0.263 e. The fourth-order valence-corrected chi connectivity index (χ4v) is 0.792. The Morgan fingerprint density at radius 2 is 2.57 bits per heavy atom. The molecule has 0 saturated heterocycles. The Balaban J connectivity index is 2.31. The average molecular weight is 197 g/mol. The molecule has 0 saturated carbocycles. The first-order valence-electron chi connectivity index (χ1n) is 3.98. The number of nitrogens with zero attached hydrogens (tertiary/aromatic N) is 3. The van der Waals surface area contributed by atoms with Gasteiger partial charge < -0.3 is 16.5 Å². The molecule has 0 aliphatic heterocycles. The van der Waals surface area contributed by atoms with Crippen molar-refractivity contribution in [2.75, 3.05) is 11.9 Å². The van der Waals surface area contributed by atoms with Gasteiger partial charge in [0.25, 0.3) is 5.95 Å². The van der Waals surface area contributed by atoms with Crippen molar-refractivity contribution in [3.05, 3.63) is 0 Å². The van der Waals surface area contributed by atoms with Gasteiger partial charge in [0.2, 0.25) is 0 Å². The van der Waals surface area contributed by atoms with E-state index in [2.05, 4.69) is 25.9 Å². The maximum atomic E-state index is 11.3. The van der Waals surface area contributed by atoms with Gasteiger partial charge in [-0.25, -0.2) is 0 Å². The molecule has 0 amide bonds. The van der Waals surface area contributed by atoms with E-state index in [9.17, 15) is 4.79 Å². The maximum absolute atomic E-state index is 11.3. The van der Waals surface area contributed by atoms with E-state index >= 15 is 0 Å². The van der Waals surface area contributed by atoms with Crippen molar-refractivity contribution in [1.29, 1.82) is 5.41 Å². The molecule has 1 aromatic rings. The van der Waals surface area contributed by atoms with Crippen LogP contribution in [-0.4, -0.2) is 45.2 Å². The average Bonchev–Trinajstić information content (AvgIpc) is 2.67. The smallest absolute Gasteiger partial charge is 0.263 e. The lowest BCUT2D eigenvalue weighted by molar-refractivity contribution is -0.118. The minimum absolute atomic E-state index is 0.0362. The van der Waals surface area contributed by atoms with Gasteiger partial charge in [-0.3, -0.25) is 4.79 Å². The molecule has 8 nitrogen and oxygen atoms in total. The number of hydrogen-bond acceptors (Lipinski definition) is 7. The molecule has 0 bridgehead atoms. The minimum atomic E-state index is -0.646. The standard InChI is InChI=1S/C6H11N7O/c7-2-1-4(8)5(14)3-9-6-10-12-13-11-6/h2,4,7H,1,3,8H2,(H2,9,10,11,12,13). The number of H-pyrrole nitrogens is 1. The lowest BCUT2D eigenvalue weighted by atomic mass is 10.1. The highest BCUT2D eigenvalue weighted by atomic mass is 16.1. The molecule has 14 heavy (non-hydrogen) atoms. The summed E-state index contributed by atoms with van der Waals surface area (Å²) >= 11 is 0. The molecule has 0 aliphatic rings. The van der Waals surface area contributed by atoms with E-state index in [-0.39, 0.29) is 24.7 Å². The Kier molecular flexibility index (Phi) is 3.68. The zero-order valence-corrected chi connectivity index (χ0v) is 7.40. The summed E-state index contributed by atoms with van der Waals surface area (Å²) in [5.74, 6) is 0.0544. The normalized spacial score (nSPS) is 12.1. The van der Waals surface area contributed by atoms with Gasteiger partial charge in [-0.15, -0.1) is 5.10 Å². The topological polar surface area (TPSA) is 133 Å². The van der Waals surface area contributed by atoms with Gasteiger partial charge >= 0.3 is 0 Å². The van der Waals surface area contributed by atoms with E-state index in [1.54, 1.807) is 0 Å². The van der Waals surface area contributed by atoms with Crippen LogP contribution >= 0.6 is 0 Å². The number of rotatable bonds is 6. The van der Waals surface area contributed by atoms with Crippen molar-refractivity contribution < 1.29 is 4.79 Å². The quantitative estimate of drug-likeness (QED) is 0.412. The largest absolute Gasteiger partial charge is 0.344 e. The summed E-state index contributed by atoms with van der Waals surface area (Å²) < 4.78 is 0. The summed E-state index contributed by atoms with van der Waals surface area (Å²) in [6.45, 7) is 0.0362. The Labute approximate surface area is 79.8 Å². The van der Waals surface area contributed by atoms with Crippen LogP contribution in [0.1, 0.15) is 6.42 Å². The monoisotopic (exact) mass is 197 g/mol. The van der Waals surface area contributed by atoms with Gasteiger partial charge in [0.15, 0.2) is 5.78 Å². The summed E-state index contributed by atoms with van der Waals surface area (Å²) in [6, 6.07) is -0.646. The predicted molar refractivity (Wildman–Crippen MR) is 49.1 cm³/mol. The fraction of sp³-hybridized carbons (Fsp3) is 0.500. The number of carbonyl (C=O) groups is 1. The summed E-state index contributed by atoms with van der Waals surface area (Å²) in [5.41, 5.74) is 5.46. The molecule has 5 N–H and O–H groups in total. The Morgan fingerprint density at radius 1 is 1.79 bits per heavy atom. The second kappa shape index (κ2) is 5.02.